The monoisotopic (exact) mass is 862 g/mol. The number of hydrogen-bond acceptors (Lipinski definition) is 10. The number of nitrogens with zero attached hydrogens (tertiary/aromatic N) is 6. The SMILES string of the molecule is C=CC(=O)N1CC2(CCN([C@H](C(=O)N[C@H]3Cc4nc(cs4)-c4ccc5c(c4)c(c(-c4cccnc4C(C)C)n5C)CC(C)(C)COC(=O)[C@@H]4CCCN(N4)C3=O)C(C)C)C2=O)C1. The van der Waals surface area contributed by atoms with Crippen molar-refractivity contribution in [1.29, 1.82) is 0 Å². The molecule has 4 amide bonds. The van der Waals surface area contributed by atoms with Crippen LogP contribution in [0.5, 0.6) is 0 Å². The highest BCUT2D eigenvalue weighted by molar-refractivity contribution is 7.10. The molecule has 14 nitrogen and oxygen atoms in total. The average molecular weight is 863 g/mol. The molecule has 62 heavy (non-hydrogen) atoms. The summed E-state index contributed by atoms with van der Waals surface area (Å²) in [4.78, 5) is 82.2. The summed E-state index contributed by atoms with van der Waals surface area (Å²) >= 11 is 1.42. The lowest BCUT2D eigenvalue weighted by atomic mass is 9.78. The molecule has 328 valence electrons. The van der Waals surface area contributed by atoms with Crippen LogP contribution in [0.3, 0.4) is 0 Å². The molecule has 3 atom stereocenters. The molecule has 0 aliphatic carbocycles. The number of carbonyl (C=O) groups excluding carboxylic acids is 5. The Labute approximate surface area is 367 Å². The molecule has 1 aromatic carbocycles. The van der Waals surface area contributed by atoms with E-state index >= 15 is 0 Å². The fraction of sp³-hybridized carbons (Fsp3) is 0.511. The summed E-state index contributed by atoms with van der Waals surface area (Å²) in [6, 6.07) is 7.81. The van der Waals surface area contributed by atoms with Crippen molar-refractivity contribution in [2.75, 3.05) is 32.8 Å². The van der Waals surface area contributed by atoms with Crippen LogP contribution in [0.15, 0.2) is 54.6 Å². The minimum Gasteiger partial charge on any atom is -0.464 e. The van der Waals surface area contributed by atoms with Gasteiger partial charge in [-0.05, 0) is 73.4 Å². The Morgan fingerprint density at radius 1 is 1.10 bits per heavy atom. The van der Waals surface area contributed by atoms with E-state index in [1.54, 1.807) is 9.80 Å². The van der Waals surface area contributed by atoms with Gasteiger partial charge in [0, 0.05) is 78.7 Å². The van der Waals surface area contributed by atoms with E-state index in [1.165, 1.54) is 22.4 Å². The molecule has 4 aliphatic heterocycles. The van der Waals surface area contributed by atoms with Crippen LogP contribution in [0, 0.1) is 16.7 Å². The van der Waals surface area contributed by atoms with Crippen LogP contribution in [-0.2, 0) is 48.6 Å². The molecular formula is C47H58N8O6S. The van der Waals surface area contributed by atoms with Crippen LogP contribution >= 0.6 is 11.3 Å². The number of esters is 1. The summed E-state index contributed by atoms with van der Waals surface area (Å²) in [5.74, 6) is -1.75. The van der Waals surface area contributed by atoms with Crippen molar-refractivity contribution in [3.63, 3.8) is 0 Å². The Kier molecular flexibility index (Phi) is 11.7. The van der Waals surface area contributed by atoms with Gasteiger partial charge in [-0.15, -0.1) is 11.3 Å². The number of nitrogens with one attached hydrogen (secondary N) is 2. The van der Waals surface area contributed by atoms with Gasteiger partial charge in [-0.3, -0.25) is 34.0 Å². The Morgan fingerprint density at radius 2 is 1.87 bits per heavy atom. The summed E-state index contributed by atoms with van der Waals surface area (Å²) in [6.07, 6.45) is 5.36. The quantitative estimate of drug-likeness (QED) is 0.183. The smallest absolute Gasteiger partial charge is 0.324 e. The lowest BCUT2D eigenvalue weighted by Gasteiger charge is -2.46. The van der Waals surface area contributed by atoms with Crippen molar-refractivity contribution >= 4 is 51.8 Å². The molecule has 2 N–H and O–H groups in total. The van der Waals surface area contributed by atoms with Crippen LogP contribution in [0.2, 0.25) is 0 Å². The second kappa shape index (κ2) is 16.7. The van der Waals surface area contributed by atoms with Gasteiger partial charge in [0.1, 0.15) is 18.1 Å². The summed E-state index contributed by atoms with van der Waals surface area (Å²) < 4.78 is 8.32. The summed E-state index contributed by atoms with van der Waals surface area (Å²) in [7, 11) is 2.09. The first-order valence-corrected chi connectivity index (χ1v) is 22.7. The van der Waals surface area contributed by atoms with Crippen molar-refractivity contribution in [3.05, 3.63) is 70.8 Å². The van der Waals surface area contributed by atoms with Gasteiger partial charge in [0.2, 0.25) is 17.7 Å². The molecule has 3 fully saturated rings. The molecule has 8 rings (SSSR count). The van der Waals surface area contributed by atoms with Crippen molar-refractivity contribution in [3.8, 4) is 22.5 Å². The van der Waals surface area contributed by atoms with Gasteiger partial charge < -0.3 is 24.4 Å². The van der Waals surface area contributed by atoms with Crippen molar-refractivity contribution < 1.29 is 28.7 Å². The van der Waals surface area contributed by atoms with Gasteiger partial charge in [0.15, 0.2) is 0 Å². The summed E-state index contributed by atoms with van der Waals surface area (Å²) in [5.41, 5.74) is 8.95. The van der Waals surface area contributed by atoms with Gasteiger partial charge in [0.25, 0.3) is 5.91 Å². The van der Waals surface area contributed by atoms with E-state index in [9.17, 15) is 24.0 Å². The van der Waals surface area contributed by atoms with Gasteiger partial charge in [0.05, 0.1) is 34.1 Å². The number of aromatic nitrogens is 3. The molecule has 7 heterocycles. The molecule has 0 unspecified atom stereocenters. The van der Waals surface area contributed by atoms with Crippen LogP contribution in [-0.4, -0.2) is 110 Å². The number of hydrazine groups is 1. The fourth-order valence-corrected chi connectivity index (χ4v) is 10.7. The highest BCUT2D eigenvalue weighted by atomic mass is 32.1. The second-order valence-electron chi connectivity index (χ2n) is 19.0. The first-order chi connectivity index (χ1) is 29.5. The molecule has 3 saturated heterocycles. The zero-order valence-electron chi connectivity index (χ0n) is 36.8. The van der Waals surface area contributed by atoms with Crippen LogP contribution < -0.4 is 10.7 Å². The topological polar surface area (TPSA) is 159 Å². The Balaban J connectivity index is 1.15. The lowest BCUT2D eigenvalue weighted by Crippen LogP contribution is -2.64. The molecule has 0 saturated carbocycles. The number of fused-ring (bicyclic) bond motifs is 6. The normalized spacial score (nSPS) is 21.9. The Bertz CT molecular complexity index is 2450. The number of rotatable bonds is 7. The average Bonchev–Trinajstić information content (AvgIpc) is 3.92. The number of thiazole rings is 1. The third kappa shape index (κ3) is 7.93. The number of benzene rings is 1. The number of pyridine rings is 1. The maximum Gasteiger partial charge on any atom is 0.324 e. The van der Waals surface area contributed by atoms with E-state index in [4.69, 9.17) is 14.7 Å². The minimum atomic E-state index is -1.06. The van der Waals surface area contributed by atoms with Gasteiger partial charge >= 0.3 is 5.97 Å². The highest BCUT2D eigenvalue weighted by Gasteiger charge is 2.57. The van der Waals surface area contributed by atoms with Crippen molar-refractivity contribution in [1.82, 2.24) is 40.1 Å². The summed E-state index contributed by atoms with van der Waals surface area (Å²) in [5, 5.41) is 8.18. The molecule has 4 aromatic rings. The third-order valence-corrected chi connectivity index (χ3v) is 13.9. The van der Waals surface area contributed by atoms with Gasteiger partial charge in [-0.2, -0.15) is 0 Å². The number of aryl methyl sites for hydroxylation is 1. The molecular weight excluding hydrogens is 805 g/mol. The number of likely N-dealkylation sites (tertiary alicyclic amines) is 2. The van der Waals surface area contributed by atoms with E-state index in [0.29, 0.717) is 43.8 Å². The van der Waals surface area contributed by atoms with E-state index in [0.717, 1.165) is 44.7 Å². The first-order valence-electron chi connectivity index (χ1n) is 21.8. The number of ether oxygens (including phenoxy) is 1. The number of carbonyl (C=O) groups is 5. The largest absolute Gasteiger partial charge is 0.464 e. The molecule has 0 radical (unpaired) electrons. The fourth-order valence-electron chi connectivity index (χ4n) is 9.83. The minimum absolute atomic E-state index is 0.0972. The lowest BCUT2D eigenvalue weighted by molar-refractivity contribution is -0.156. The van der Waals surface area contributed by atoms with E-state index < -0.39 is 46.7 Å². The van der Waals surface area contributed by atoms with Crippen LogP contribution in [0.4, 0.5) is 0 Å². The van der Waals surface area contributed by atoms with Crippen LogP contribution in [0.1, 0.15) is 83.0 Å². The van der Waals surface area contributed by atoms with E-state index in [1.807, 2.05) is 31.5 Å². The Morgan fingerprint density at radius 3 is 2.60 bits per heavy atom. The number of hydrogen-bond donors (Lipinski definition) is 2. The highest BCUT2D eigenvalue weighted by Crippen LogP contribution is 2.43. The third-order valence-electron chi connectivity index (χ3n) is 13.0. The molecule has 1 spiro atoms. The van der Waals surface area contributed by atoms with E-state index in [2.05, 4.69) is 80.9 Å². The zero-order chi connectivity index (χ0) is 44.2. The van der Waals surface area contributed by atoms with Crippen molar-refractivity contribution in [2.24, 2.45) is 23.8 Å². The number of cyclic esters (lactones) is 1. The van der Waals surface area contributed by atoms with Crippen molar-refractivity contribution in [2.45, 2.75) is 97.7 Å². The van der Waals surface area contributed by atoms with Gasteiger partial charge in [-0.1, -0.05) is 54.2 Å². The number of amides is 4. The molecule has 6 bridgehead atoms. The maximum absolute atomic E-state index is 14.6. The second-order valence-corrected chi connectivity index (χ2v) is 19.9. The standard InChI is InChI=1S/C47H58N8O6S/c1-9-38(56)53-24-47(25-53)16-19-54(45(47)60)40(28(4)5)42(57)50-34-21-37-49-35(23-62-37)29-14-15-36-31(20-29)32(41(52(36)8)30-12-10-17-48-39(30)27(2)3)22-46(6,7)26-61-44(59)33-13-11-18-55(51-33)43(34)58/h9-10,12,14-15,17,20,23,27-28,33-34,40,51H,1,11,13,16,18-19,21-22,24-26H2,2-8H3,(H,50,57)/t33-,34-,40-/m0/s1. The van der Waals surface area contributed by atoms with E-state index in [-0.39, 0.29) is 49.8 Å². The molecule has 4 aliphatic rings. The Hall–Kier alpha value is -5.41. The van der Waals surface area contributed by atoms with Crippen LogP contribution in [0.25, 0.3) is 33.4 Å². The van der Waals surface area contributed by atoms with Gasteiger partial charge in [-0.25, -0.2) is 10.4 Å². The zero-order valence-corrected chi connectivity index (χ0v) is 37.6. The summed E-state index contributed by atoms with van der Waals surface area (Å²) in [6.45, 7) is 17.3. The predicted octanol–water partition coefficient (Wildman–Crippen LogP) is 5.41. The molecule has 15 heteroatoms. The predicted molar refractivity (Wildman–Crippen MR) is 237 cm³/mol. The first kappa shape index (κ1) is 43.2. The molecule has 3 aromatic heterocycles. The maximum atomic E-state index is 14.6.